The topological polar surface area (TPSA) is 87.5 Å². The highest BCUT2D eigenvalue weighted by Crippen LogP contribution is 2.05. The molecule has 0 spiro atoms. The van der Waals surface area contributed by atoms with Crippen molar-refractivity contribution in [2.24, 2.45) is 5.73 Å². The molecule has 1 fully saturated rings. The summed E-state index contributed by atoms with van der Waals surface area (Å²) in [6.45, 7) is 4.09. The number of nitrogens with zero attached hydrogens (tertiary/aromatic N) is 1. The molecule has 0 saturated carbocycles. The van der Waals surface area contributed by atoms with Gasteiger partial charge in [-0.25, -0.2) is 4.79 Å². The summed E-state index contributed by atoms with van der Waals surface area (Å²) < 4.78 is 0. The van der Waals surface area contributed by atoms with Gasteiger partial charge in [-0.15, -0.1) is 12.4 Å². The van der Waals surface area contributed by atoms with Crippen LogP contribution in [0.3, 0.4) is 0 Å². The van der Waals surface area contributed by atoms with Crippen LogP contribution in [0.5, 0.6) is 0 Å². The largest absolute Gasteiger partial charge is 0.338 e. The summed E-state index contributed by atoms with van der Waals surface area (Å²) in [6, 6.07) is -0.284. The normalized spacial score (nSPS) is 20.0. The molecule has 4 N–H and O–H groups in total. The molecular weight excluding hydrogens is 232 g/mol. The van der Waals surface area contributed by atoms with Crippen LogP contribution in [0.4, 0.5) is 4.79 Å². The van der Waals surface area contributed by atoms with Crippen molar-refractivity contribution in [2.45, 2.75) is 19.4 Å². The van der Waals surface area contributed by atoms with Crippen LogP contribution in [0.15, 0.2) is 0 Å². The molecule has 6 nitrogen and oxygen atoms in total. The molecule has 1 unspecified atom stereocenters. The fraction of sp³-hybridized carbons (Fsp3) is 0.778. The van der Waals surface area contributed by atoms with E-state index in [0.717, 1.165) is 19.5 Å². The van der Waals surface area contributed by atoms with E-state index in [2.05, 4.69) is 10.6 Å². The fourth-order valence-corrected chi connectivity index (χ4v) is 1.58. The lowest BCUT2D eigenvalue weighted by Gasteiger charge is -2.14. The molecule has 1 aliphatic rings. The highest BCUT2D eigenvalue weighted by molar-refractivity contribution is 5.95. The van der Waals surface area contributed by atoms with Crippen LogP contribution in [0.1, 0.15) is 13.3 Å². The monoisotopic (exact) mass is 250 g/mol. The molecule has 7 heteroatoms. The first-order chi connectivity index (χ1) is 7.11. The van der Waals surface area contributed by atoms with Crippen molar-refractivity contribution in [1.29, 1.82) is 0 Å². The zero-order valence-electron chi connectivity index (χ0n) is 9.36. The van der Waals surface area contributed by atoms with Gasteiger partial charge < -0.3 is 11.1 Å². The second-order valence-corrected chi connectivity index (χ2v) is 3.69. The van der Waals surface area contributed by atoms with Crippen LogP contribution in [-0.2, 0) is 4.79 Å². The molecule has 0 radical (unpaired) electrons. The molecule has 94 valence electrons. The third-order valence-electron chi connectivity index (χ3n) is 2.27. The number of carbonyl (C=O) groups excluding carboxylic acids is 2. The van der Waals surface area contributed by atoms with Gasteiger partial charge >= 0.3 is 6.03 Å². The van der Waals surface area contributed by atoms with Gasteiger partial charge in [0.1, 0.15) is 0 Å². The van der Waals surface area contributed by atoms with E-state index in [1.807, 2.05) is 4.90 Å². The van der Waals surface area contributed by atoms with Crippen molar-refractivity contribution >= 4 is 24.3 Å². The molecular formula is C9H19ClN4O2. The predicted octanol–water partition coefficient (Wildman–Crippen LogP) is -0.713. The van der Waals surface area contributed by atoms with E-state index in [0.29, 0.717) is 6.54 Å². The van der Waals surface area contributed by atoms with Crippen molar-refractivity contribution in [3.8, 4) is 0 Å². The quantitative estimate of drug-likeness (QED) is 0.617. The lowest BCUT2D eigenvalue weighted by Crippen LogP contribution is -2.44. The smallest absolute Gasteiger partial charge is 0.321 e. The second kappa shape index (κ2) is 7.43. The average Bonchev–Trinajstić information content (AvgIpc) is 2.51. The van der Waals surface area contributed by atoms with E-state index in [-0.39, 0.29) is 30.9 Å². The molecule has 1 rings (SSSR count). The van der Waals surface area contributed by atoms with Crippen LogP contribution >= 0.6 is 12.4 Å². The lowest BCUT2D eigenvalue weighted by atomic mass is 10.3. The number of nitrogens with two attached hydrogens (primary N) is 1. The first-order valence-electron chi connectivity index (χ1n) is 5.17. The Morgan fingerprint density at radius 3 is 2.69 bits per heavy atom. The van der Waals surface area contributed by atoms with Crippen LogP contribution in [0.2, 0.25) is 0 Å². The third kappa shape index (κ3) is 5.29. The maximum Gasteiger partial charge on any atom is 0.321 e. The molecule has 0 aromatic heterocycles. The number of imide groups is 1. The zero-order valence-corrected chi connectivity index (χ0v) is 10.2. The number of halogens is 1. The van der Waals surface area contributed by atoms with Crippen molar-refractivity contribution in [1.82, 2.24) is 15.5 Å². The highest BCUT2D eigenvalue weighted by Gasteiger charge is 2.21. The molecule has 3 amide bonds. The molecule has 0 bridgehead atoms. The van der Waals surface area contributed by atoms with E-state index < -0.39 is 6.03 Å². The summed E-state index contributed by atoms with van der Waals surface area (Å²) in [5.41, 5.74) is 5.70. The fourth-order valence-electron chi connectivity index (χ4n) is 1.58. The van der Waals surface area contributed by atoms with Crippen LogP contribution < -0.4 is 16.4 Å². The van der Waals surface area contributed by atoms with Gasteiger partial charge in [0.05, 0.1) is 6.54 Å². The molecule has 1 aliphatic heterocycles. The number of urea groups is 1. The summed E-state index contributed by atoms with van der Waals surface area (Å²) in [4.78, 5) is 24.3. The van der Waals surface area contributed by atoms with Crippen LogP contribution in [0, 0.1) is 0 Å². The Labute approximate surface area is 101 Å². The van der Waals surface area contributed by atoms with Gasteiger partial charge in [0.2, 0.25) is 5.91 Å². The SMILES string of the molecule is CCNC(=O)NC(=O)CN1CCC(N)C1.Cl. The number of hydrogen-bond acceptors (Lipinski definition) is 4. The summed E-state index contributed by atoms with van der Waals surface area (Å²) in [5, 5.41) is 4.75. The van der Waals surface area contributed by atoms with E-state index in [9.17, 15) is 9.59 Å². The standard InChI is InChI=1S/C9H18N4O2.ClH/c1-2-11-9(15)12-8(14)6-13-4-3-7(10)5-13;/h7H,2-6,10H2,1H3,(H2,11,12,14,15);1H. The average molecular weight is 251 g/mol. The van der Waals surface area contributed by atoms with Gasteiger partial charge in [0, 0.05) is 25.7 Å². The Balaban J connectivity index is 0.00000225. The molecule has 1 heterocycles. The minimum atomic E-state index is -0.439. The zero-order chi connectivity index (χ0) is 11.3. The summed E-state index contributed by atoms with van der Waals surface area (Å²) in [6.07, 6.45) is 0.911. The van der Waals surface area contributed by atoms with E-state index in [1.54, 1.807) is 6.92 Å². The number of nitrogens with one attached hydrogen (secondary N) is 2. The second-order valence-electron chi connectivity index (χ2n) is 3.69. The van der Waals surface area contributed by atoms with E-state index >= 15 is 0 Å². The Morgan fingerprint density at radius 2 is 2.19 bits per heavy atom. The Kier molecular flexibility index (Phi) is 7.03. The van der Waals surface area contributed by atoms with E-state index in [4.69, 9.17) is 5.73 Å². The van der Waals surface area contributed by atoms with Crippen molar-refractivity contribution in [3.05, 3.63) is 0 Å². The molecule has 0 aromatic carbocycles. The van der Waals surface area contributed by atoms with Gasteiger partial charge in [0.15, 0.2) is 0 Å². The number of hydrogen-bond donors (Lipinski definition) is 3. The molecule has 0 aliphatic carbocycles. The lowest BCUT2D eigenvalue weighted by molar-refractivity contribution is -0.120. The Hall–Kier alpha value is -0.850. The van der Waals surface area contributed by atoms with Crippen LogP contribution in [-0.4, -0.2) is 49.1 Å². The highest BCUT2D eigenvalue weighted by atomic mass is 35.5. The van der Waals surface area contributed by atoms with Gasteiger partial charge in [-0.05, 0) is 13.3 Å². The molecule has 1 atom stereocenters. The number of likely N-dealkylation sites (tertiary alicyclic amines) is 1. The number of carbonyl (C=O) groups is 2. The van der Waals surface area contributed by atoms with Gasteiger partial charge in [0.25, 0.3) is 0 Å². The van der Waals surface area contributed by atoms with Gasteiger partial charge in [-0.1, -0.05) is 0 Å². The van der Waals surface area contributed by atoms with Gasteiger partial charge in [-0.3, -0.25) is 15.0 Å². The van der Waals surface area contributed by atoms with Gasteiger partial charge in [-0.2, -0.15) is 0 Å². The predicted molar refractivity (Wildman–Crippen MR) is 63.5 cm³/mol. The Bertz CT molecular complexity index is 250. The first kappa shape index (κ1) is 15.2. The van der Waals surface area contributed by atoms with E-state index in [1.165, 1.54) is 0 Å². The van der Waals surface area contributed by atoms with Crippen molar-refractivity contribution in [2.75, 3.05) is 26.2 Å². The minimum Gasteiger partial charge on any atom is -0.338 e. The third-order valence-corrected chi connectivity index (χ3v) is 2.27. The van der Waals surface area contributed by atoms with Crippen molar-refractivity contribution in [3.63, 3.8) is 0 Å². The summed E-state index contributed by atoms with van der Waals surface area (Å²) in [5.74, 6) is -0.282. The molecule has 1 saturated heterocycles. The first-order valence-corrected chi connectivity index (χ1v) is 5.17. The maximum atomic E-state index is 11.3. The number of amides is 3. The van der Waals surface area contributed by atoms with Crippen LogP contribution in [0.25, 0.3) is 0 Å². The van der Waals surface area contributed by atoms with Crippen molar-refractivity contribution < 1.29 is 9.59 Å². The number of rotatable bonds is 3. The minimum absolute atomic E-state index is 0. The molecule has 16 heavy (non-hydrogen) atoms. The summed E-state index contributed by atoms with van der Waals surface area (Å²) >= 11 is 0. The molecule has 0 aromatic rings. The maximum absolute atomic E-state index is 11.3. The summed E-state index contributed by atoms with van der Waals surface area (Å²) in [7, 11) is 0. The Morgan fingerprint density at radius 1 is 1.50 bits per heavy atom.